The molecule has 116 valence electrons. The molecule has 1 saturated heterocycles. The van der Waals surface area contributed by atoms with Gasteiger partial charge < -0.3 is 4.74 Å². The maximum absolute atomic E-state index is 6.28. The lowest BCUT2D eigenvalue weighted by molar-refractivity contribution is 0.0950. The van der Waals surface area contributed by atoms with Crippen molar-refractivity contribution in [2.45, 2.75) is 30.4 Å². The van der Waals surface area contributed by atoms with E-state index < -0.39 is 0 Å². The van der Waals surface area contributed by atoms with E-state index in [0.29, 0.717) is 0 Å². The zero-order valence-corrected chi connectivity index (χ0v) is 14.1. The van der Waals surface area contributed by atoms with E-state index in [-0.39, 0.29) is 5.60 Å². The second-order valence-electron chi connectivity index (χ2n) is 6.17. The van der Waals surface area contributed by atoms with Gasteiger partial charge in [0, 0.05) is 31.0 Å². The van der Waals surface area contributed by atoms with E-state index in [9.17, 15) is 0 Å². The summed E-state index contributed by atoms with van der Waals surface area (Å²) in [6.45, 7) is 5.30. The standard InChI is InChI=1S/C19H23NOS/c1-19(21-17-8-10-18(22-2)11-9-17)12-13-20(15-19)14-16-6-4-3-5-7-16/h3-11H,12-15H2,1-2H3. The average Bonchev–Trinajstić information content (AvgIpc) is 2.90. The first kappa shape index (κ1) is 15.4. The molecule has 1 atom stereocenters. The summed E-state index contributed by atoms with van der Waals surface area (Å²) in [5.74, 6) is 0.974. The number of rotatable bonds is 5. The lowest BCUT2D eigenvalue weighted by atomic mass is 10.1. The summed E-state index contributed by atoms with van der Waals surface area (Å²) >= 11 is 1.76. The van der Waals surface area contributed by atoms with Crippen LogP contribution in [0.1, 0.15) is 18.9 Å². The van der Waals surface area contributed by atoms with Crippen molar-refractivity contribution in [1.29, 1.82) is 0 Å². The summed E-state index contributed by atoms with van der Waals surface area (Å²) < 4.78 is 6.28. The molecule has 2 aromatic carbocycles. The summed E-state index contributed by atoms with van der Waals surface area (Å²) in [7, 11) is 0. The molecule has 0 amide bonds. The highest BCUT2D eigenvalue weighted by molar-refractivity contribution is 7.98. The Labute approximate surface area is 137 Å². The van der Waals surface area contributed by atoms with Crippen molar-refractivity contribution < 1.29 is 4.74 Å². The van der Waals surface area contributed by atoms with Crippen molar-refractivity contribution in [2.75, 3.05) is 19.3 Å². The van der Waals surface area contributed by atoms with Crippen molar-refractivity contribution in [2.24, 2.45) is 0 Å². The Morgan fingerprint density at radius 2 is 1.82 bits per heavy atom. The smallest absolute Gasteiger partial charge is 0.120 e. The van der Waals surface area contributed by atoms with Gasteiger partial charge in [-0.1, -0.05) is 30.3 Å². The molecule has 1 heterocycles. The number of thioether (sulfide) groups is 1. The predicted octanol–water partition coefficient (Wildman–Crippen LogP) is 4.45. The van der Waals surface area contributed by atoms with Gasteiger partial charge in [-0.2, -0.15) is 0 Å². The van der Waals surface area contributed by atoms with Crippen molar-refractivity contribution >= 4 is 11.8 Å². The van der Waals surface area contributed by atoms with Crippen LogP contribution in [0.2, 0.25) is 0 Å². The zero-order chi connectivity index (χ0) is 15.4. The highest BCUT2D eigenvalue weighted by Crippen LogP contribution is 2.29. The minimum absolute atomic E-state index is 0.0876. The summed E-state index contributed by atoms with van der Waals surface area (Å²) in [4.78, 5) is 3.75. The SMILES string of the molecule is CSc1ccc(OC2(C)CCN(Cc3ccccc3)C2)cc1. The summed E-state index contributed by atoms with van der Waals surface area (Å²) in [6, 6.07) is 19.1. The van der Waals surface area contributed by atoms with Gasteiger partial charge in [0.05, 0.1) is 0 Å². The first-order chi connectivity index (χ1) is 10.7. The predicted molar refractivity (Wildman–Crippen MR) is 93.6 cm³/mol. The van der Waals surface area contributed by atoms with Crippen LogP contribution in [0.3, 0.4) is 0 Å². The third-order valence-electron chi connectivity index (χ3n) is 4.19. The number of likely N-dealkylation sites (tertiary alicyclic amines) is 1. The van der Waals surface area contributed by atoms with Gasteiger partial charge in [-0.15, -0.1) is 11.8 Å². The van der Waals surface area contributed by atoms with E-state index in [4.69, 9.17) is 4.74 Å². The molecule has 1 fully saturated rings. The third-order valence-corrected chi connectivity index (χ3v) is 4.93. The van der Waals surface area contributed by atoms with Gasteiger partial charge >= 0.3 is 0 Å². The minimum atomic E-state index is -0.0876. The Hall–Kier alpha value is -1.45. The van der Waals surface area contributed by atoms with Crippen LogP contribution in [0.25, 0.3) is 0 Å². The number of nitrogens with zero attached hydrogens (tertiary/aromatic N) is 1. The molecule has 0 aliphatic carbocycles. The summed E-state index contributed by atoms with van der Waals surface area (Å²) in [6.07, 6.45) is 3.17. The monoisotopic (exact) mass is 313 g/mol. The molecule has 1 aliphatic heterocycles. The molecule has 1 aliphatic rings. The maximum atomic E-state index is 6.28. The molecule has 0 bridgehead atoms. The second kappa shape index (κ2) is 6.76. The molecular weight excluding hydrogens is 290 g/mol. The maximum Gasteiger partial charge on any atom is 0.120 e. The molecule has 1 unspecified atom stereocenters. The highest BCUT2D eigenvalue weighted by Gasteiger charge is 2.35. The first-order valence-electron chi connectivity index (χ1n) is 7.76. The lowest BCUT2D eigenvalue weighted by Crippen LogP contribution is -2.35. The molecule has 0 spiro atoms. The van der Waals surface area contributed by atoms with Gasteiger partial charge in [0.25, 0.3) is 0 Å². The molecule has 0 radical (unpaired) electrons. The Balaban J connectivity index is 1.60. The third kappa shape index (κ3) is 3.84. The van der Waals surface area contributed by atoms with Crippen molar-refractivity contribution in [1.82, 2.24) is 4.90 Å². The minimum Gasteiger partial charge on any atom is -0.486 e. The molecule has 0 aromatic heterocycles. The fraction of sp³-hybridized carbons (Fsp3) is 0.368. The Morgan fingerprint density at radius 1 is 1.09 bits per heavy atom. The normalized spacial score (nSPS) is 21.9. The van der Waals surface area contributed by atoms with Crippen LogP contribution in [0.15, 0.2) is 59.5 Å². The Bertz CT molecular complexity index is 599. The van der Waals surface area contributed by atoms with E-state index >= 15 is 0 Å². The number of ether oxygens (including phenoxy) is 1. The van der Waals surface area contributed by atoms with Gasteiger partial charge in [0.15, 0.2) is 0 Å². The molecule has 0 saturated carbocycles. The van der Waals surface area contributed by atoms with E-state index in [0.717, 1.165) is 31.8 Å². The van der Waals surface area contributed by atoms with Gasteiger partial charge in [-0.05, 0) is 43.0 Å². The van der Waals surface area contributed by atoms with E-state index in [1.54, 1.807) is 11.8 Å². The summed E-state index contributed by atoms with van der Waals surface area (Å²) in [5, 5.41) is 0. The van der Waals surface area contributed by atoms with Gasteiger partial charge in [0.1, 0.15) is 11.4 Å². The van der Waals surface area contributed by atoms with Crippen LogP contribution >= 0.6 is 11.8 Å². The Kier molecular flexibility index (Phi) is 4.74. The van der Waals surface area contributed by atoms with E-state index in [2.05, 4.69) is 72.7 Å². The van der Waals surface area contributed by atoms with Crippen LogP contribution < -0.4 is 4.74 Å². The van der Waals surface area contributed by atoms with Crippen LogP contribution in [-0.4, -0.2) is 29.8 Å². The fourth-order valence-corrected chi connectivity index (χ4v) is 3.42. The fourth-order valence-electron chi connectivity index (χ4n) is 3.01. The quantitative estimate of drug-likeness (QED) is 0.757. The lowest BCUT2D eigenvalue weighted by Gasteiger charge is -2.26. The highest BCUT2D eigenvalue weighted by atomic mass is 32.2. The summed E-state index contributed by atoms with van der Waals surface area (Å²) in [5.41, 5.74) is 1.28. The molecule has 0 N–H and O–H groups in total. The largest absolute Gasteiger partial charge is 0.486 e. The number of hydrogen-bond acceptors (Lipinski definition) is 3. The molecule has 2 aromatic rings. The van der Waals surface area contributed by atoms with Crippen molar-refractivity contribution in [3.63, 3.8) is 0 Å². The van der Waals surface area contributed by atoms with Crippen LogP contribution in [0, 0.1) is 0 Å². The van der Waals surface area contributed by atoms with Crippen LogP contribution in [0.4, 0.5) is 0 Å². The zero-order valence-electron chi connectivity index (χ0n) is 13.3. The molecule has 3 heteroatoms. The van der Waals surface area contributed by atoms with Crippen LogP contribution in [-0.2, 0) is 6.54 Å². The average molecular weight is 313 g/mol. The van der Waals surface area contributed by atoms with Gasteiger partial charge in [0.2, 0.25) is 0 Å². The second-order valence-corrected chi connectivity index (χ2v) is 7.05. The van der Waals surface area contributed by atoms with E-state index in [1.807, 2.05) is 0 Å². The van der Waals surface area contributed by atoms with E-state index in [1.165, 1.54) is 10.5 Å². The topological polar surface area (TPSA) is 12.5 Å². The first-order valence-corrected chi connectivity index (χ1v) is 8.99. The van der Waals surface area contributed by atoms with Crippen LogP contribution in [0.5, 0.6) is 5.75 Å². The van der Waals surface area contributed by atoms with Gasteiger partial charge in [-0.3, -0.25) is 4.90 Å². The van der Waals surface area contributed by atoms with Crippen molar-refractivity contribution in [3.05, 3.63) is 60.2 Å². The van der Waals surface area contributed by atoms with Crippen molar-refractivity contribution in [3.8, 4) is 5.75 Å². The molecule has 3 rings (SSSR count). The molecule has 2 nitrogen and oxygen atoms in total. The molecule has 22 heavy (non-hydrogen) atoms. The number of benzene rings is 2. The number of hydrogen-bond donors (Lipinski definition) is 0. The van der Waals surface area contributed by atoms with Gasteiger partial charge in [-0.25, -0.2) is 0 Å². The Morgan fingerprint density at radius 3 is 2.50 bits per heavy atom. The molecular formula is C19H23NOS.